The second-order valence-electron chi connectivity index (χ2n) is 0. The Morgan fingerprint density at radius 2 is 0.250 bits per heavy atom. The maximum Gasteiger partial charge on any atom is 0 e. The van der Waals surface area contributed by atoms with Gasteiger partial charge in [-0.05, 0) is 0 Å². The molecule has 0 spiro atoms. The molecule has 0 saturated carbocycles. The molecule has 61 valence electrons. The molecule has 0 rings (SSSR count). The van der Waals surface area contributed by atoms with Gasteiger partial charge in [0.05, 0.1) is 0 Å². The smallest absolute Gasteiger partial charge is 0 e. The summed E-state index contributed by atoms with van der Waals surface area (Å²) >= 11 is 0. The summed E-state index contributed by atoms with van der Waals surface area (Å²) in [5.74, 6) is 0. The van der Waals surface area contributed by atoms with E-state index >= 15 is 0 Å². The van der Waals surface area contributed by atoms with Crippen LogP contribution in [0, 0.1) is 0 Å². The van der Waals surface area contributed by atoms with Crippen molar-refractivity contribution in [1.29, 1.82) is 0 Å². The molecule has 0 aliphatic heterocycles. The van der Waals surface area contributed by atoms with Crippen LogP contribution in [0.3, 0.4) is 0 Å². The van der Waals surface area contributed by atoms with Crippen LogP contribution in [0.25, 0.3) is 0 Å². The van der Waals surface area contributed by atoms with Gasteiger partial charge in [-0.3, -0.25) is 32.9 Å². The van der Waals surface area contributed by atoms with Gasteiger partial charge >= 0.3 is 0 Å². The van der Waals surface area contributed by atoms with E-state index in [-0.39, 0.29) is 50.9 Å². The van der Waals surface area contributed by atoms with Crippen LogP contribution in [-0.2, 0) is 0 Å². The van der Waals surface area contributed by atoms with Crippen molar-refractivity contribution in [3.05, 3.63) is 0 Å². The Morgan fingerprint density at radius 1 is 0.250 bits per heavy atom. The molecule has 0 aliphatic carbocycles. The summed E-state index contributed by atoms with van der Waals surface area (Å²) in [4.78, 5) is 0. The summed E-state index contributed by atoms with van der Waals surface area (Å²) in [6.07, 6.45) is 0. The summed E-state index contributed by atoms with van der Waals surface area (Å²) in [5.41, 5.74) is 0. The molecule has 8 heteroatoms. The zero-order valence-electron chi connectivity index (χ0n) is 3.30. The molecular weight excluding hydrogens is 208 g/mol. The molecule has 3 radical (unpaired) electrons. The van der Waals surface area contributed by atoms with Crippen molar-refractivity contribution in [2.24, 2.45) is 0 Å². The van der Waals surface area contributed by atoms with E-state index in [2.05, 4.69) is 0 Å². The van der Waals surface area contributed by atoms with Gasteiger partial charge in [-0.2, -0.15) is 0 Å². The SMILES string of the molecule is F.F.F.F.F.F.F.[As]. The van der Waals surface area contributed by atoms with Gasteiger partial charge in [0, 0.05) is 18.0 Å². The molecule has 0 nitrogen and oxygen atoms in total. The molecule has 0 aromatic rings. The predicted molar refractivity (Wildman–Crippen MR) is 23.3 cm³/mol. The Hall–Kier alpha value is 0.0684. The Balaban J connectivity index is 0. The van der Waals surface area contributed by atoms with Crippen LogP contribution < -0.4 is 0 Å². The number of rotatable bonds is 0. The van der Waals surface area contributed by atoms with Crippen molar-refractivity contribution >= 4 is 18.0 Å². The maximum absolute atomic E-state index is 0. The molecule has 0 heterocycles. The largest absolute Gasteiger partial charge is 0.269 e. The second kappa shape index (κ2) is 55600. The van der Waals surface area contributed by atoms with E-state index in [1.807, 2.05) is 0 Å². The van der Waals surface area contributed by atoms with Crippen molar-refractivity contribution in [3.63, 3.8) is 0 Å². The third-order valence-corrected chi connectivity index (χ3v) is 0. The average Bonchev–Trinajstić information content (AvgIpc) is 0. The van der Waals surface area contributed by atoms with Gasteiger partial charge in [-0.1, -0.05) is 0 Å². The maximum atomic E-state index is 0. The molecule has 0 amide bonds. The van der Waals surface area contributed by atoms with Crippen LogP contribution in [0.15, 0.2) is 0 Å². The predicted octanol–water partition coefficient (Wildman–Crippen LogP) is 0.687. The summed E-state index contributed by atoms with van der Waals surface area (Å²) in [5, 5.41) is 0. The van der Waals surface area contributed by atoms with Crippen LogP contribution in [0.1, 0.15) is 0 Å². The topological polar surface area (TPSA) is 0 Å². The molecule has 0 N–H and O–H groups in total. The third-order valence-electron chi connectivity index (χ3n) is 0. The summed E-state index contributed by atoms with van der Waals surface area (Å²) in [6, 6.07) is 0. The third kappa shape index (κ3) is 33300. The fourth-order valence-electron chi connectivity index (χ4n) is 0. The first-order valence-corrected chi connectivity index (χ1v) is 0. The van der Waals surface area contributed by atoms with E-state index in [9.17, 15) is 0 Å². The number of halogens is 7. The van der Waals surface area contributed by atoms with E-state index in [0.29, 0.717) is 0 Å². The summed E-state index contributed by atoms with van der Waals surface area (Å²) in [7, 11) is 0. The average molecular weight is 215 g/mol. The first kappa shape index (κ1) is 86100. The molecule has 0 aromatic heterocycles. The van der Waals surface area contributed by atoms with Crippen molar-refractivity contribution in [2.75, 3.05) is 0 Å². The molecule has 0 saturated heterocycles. The zero-order valence-corrected chi connectivity index (χ0v) is 5.18. The van der Waals surface area contributed by atoms with Gasteiger partial charge in [0.25, 0.3) is 0 Å². The molecule has 0 aliphatic rings. The van der Waals surface area contributed by atoms with E-state index in [0.717, 1.165) is 0 Å². The fraction of sp³-hybridized carbons (Fsp3) is 0. The van der Waals surface area contributed by atoms with Gasteiger partial charge in [0.15, 0.2) is 0 Å². The summed E-state index contributed by atoms with van der Waals surface area (Å²) in [6.45, 7) is 0. The van der Waals surface area contributed by atoms with Gasteiger partial charge in [0.1, 0.15) is 0 Å². The van der Waals surface area contributed by atoms with Gasteiger partial charge in [0.2, 0.25) is 0 Å². The Morgan fingerprint density at radius 3 is 0.250 bits per heavy atom. The normalized spacial score (nSPS) is 0. The number of hydrogen-bond acceptors (Lipinski definition) is 0. The van der Waals surface area contributed by atoms with Crippen LogP contribution in [0.4, 0.5) is 32.9 Å². The molecule has 8 heavy (non-hydrogen) atoms. The monoisotopic (exact) mass is 215 g/mol. The molecular formula is H7AsF7. The minimum absolute atomic E-state index is 0. The Kier molecular flexibility index (Phi) is 598000000. The minimum atomic E-state index is 0. The van der Waals surface area contributed by atoms with Crippen LogP contribution in [0.5, 0.6) is 0 Å². The fourth-order valence-corrected chi connectivity index (χ4v) is 0. The van der Waals surface area contributed by atoms with Gasteiger partial charge in [-0.15, -0.1) is 0 Å². The van der Waals surface area contributed by atoms with E-state index < -0.39 is 0 Å². The Labute approximate surface area is 51.9 Å². The van der Waals surface area contributed by atoms with Crippen molar-refractivity contribution in [1.82, 2.24) is 0 Å². The van der Waals surface area contributed by atoms with Crippen molar-refractivity contribution in [3.8, 4) is 0 Å². The zero-order chi connectivity index (χ0) is 0. The van der Waals surface area contributed by atoms with E-state index in [1.165, 1.54) is 0 Å². The van der Waals surface area contributed by atoms with E-state index in [4.69, 9.17) is 0 Å². The van der Waals surface area contributed by atoms with Crippen molar-refractivity contribution < 1.29 is 32.9 Å². The minimum Gasteiger partial charge on any atom is -0.269 e. The first-order chi connectivity index (χ1) is 0. The van der Waals surface area contributed by atoms with Gasteiger partial charge < -0.3 is 0 Å². The molecule has 0 bridgehead atoms. The van der Waals surface area contributed by atoms with Crippen LogP contribution in [0.2, 0.25) is 0 Å². The molecule has 0 unspecified atom stereocenters. The quantitative estimate of drug-likeness (QED) is 0.412. The molecule has 0 atom stereocenters. The molecule has 0 fully saturated rings. The second-order valence-corrected chi connectivity index (χ2v) is 0. The van der Waals surface area contributed by atoms with E-state index in [1.54, 1.807) is 0 Å². The summed E-state index contributed by atoms with van der Waals surface area (Å²) < 4.78 is 0. The van der Waals surface area contributed by atoms with Crippen molar-refractivity contribution in [2.45, 2.75) is 0 Å². The number of hydrogen-bond donors (Lipinski definition) is 0. The first-order valence-electron chi connectivity index (χ1n) is 0. The molecule has 0 aromatic carbocycles. The standard InChI is InChI=1S/As.7FH/h;7*1H. The van der Waals surface area contributed by atoms with Gasteiger partial charge in [-0.25, -0.2) is 0 Å². The Bertz CT molecular complexity index is 4.35. The van der Waals surface area contributed by atoms with Crippen LogP contribution in [-0.4, -0.2) is 18.0 Å². The van der Waals surface area contributed by atoms with Crippen LogP contribution >= 0.6 is 0 Å².